The second kappa shape index (κ2) is 5.92. The van der Waals surface area contributed by atoms with Crippen molar-refractivity contribution in [2.24, 2.45) is 5.92 Å². The van der Waals surface area contributed by atoms with Gasteiger partial charge in [0.2, 0.25) is 10.0 Å². The molecule has 1 aliphatic heterocycles. The lowest BCUT2D eigenvalue weighted by atomic mass is 9.96. The molecule has 1 atom stereocenters. The molecular weight excluding hydrogens is 262 g/mol. The van der Waals surface area contributed by atoms with Crippen molar-refractivity contribution in [3.8, 4) is 0 Å². The van der Waals surface area contributed by atoms with Crippen LogP contribution in [0.3, 0.4) is 0 Å². The Balaban J connectivity index is 2.24. The third-order valence-electron chi connectivity index (χ3n) is 3.45. The molecule has 0 fully saturated rings. The predicted molar refractivity (Wildman–Crippen MR) is 76.8 cm³/mol. The van der Waals surface area contributed by atoms with Crippen LogP contribution in [0, 0.1) is 5.92 Å². The van der Waals surface area contributed by atoms with E-state index in [0.717, 1.165) is 17.7 Å². The molecule has 1 aromatic rings. The second-order valence-electron chi connectivity index (χ2n) is 5.22. The Hall–Kier alpha value is -1.07. The van der Waals surface area contributed by atoms with Gasteiger partial charge in [-0.2, -0.15) is 0 Å². The van der Waals surface area contributed by atoms with Crippen molar-refractivity contribution in [3.05, 3.63) is 29.8 Å². The summed E-state index contributed by atoms with van der Waals surface area (Å²) in [5.74, 6) is 0.441. The van der Waals surface area contributed by atoms with Crippen molar-refractivity contribution in [2.75, 3.05) is 23.2 Å². The molecule has 0 bridgehead atoms. The molecule has 0 aliphatic carbocycles. The predicted octanol–water partition coefficient (Wildman–Crippen LogP) is 1.79. The number of benzene rings is 1. The van der Waals surface area contributed by atoms with Crippen molar-refractivity contribution in [1.29, 1.82) is 0 Å². The Morgan fingerprint density at radius 3 is 2.79 bits per heavy atom. The number of unbranched alkanes of at least 4 members (excludes halogenated alkanes) is 1. The zero-order valence-corrected chi connectivity index (χ0v) is 12.1. The van der Waals surface area contributed by atoms with Crippen LogP contribution < -0.4 is 4.31 Å². The van der Waals surface area contributed by atoms with Gasteiger partial charge in [0.1, 0.15) is 0 Å². The largest absolute Gasteiger partial charge is 0.396 e. The van der Waals surface area contributed by atoms with Crippen LogP contribution in [0.1, 0.15) is 25.3 Å². The highest BCUT2D eigenvalue weighted by atomic mass is 32.2. The van der Waals surface area contributed by atoms with Crippen LogP contribution in [0.15, 0.2) is 24.3 Å². The Labute approximate surface area is 115 Å². The van der Waals surface area contributed by atoms with E-state index in [1.807, 2.05) is 24.3 Å². The maximum Gasteiger partial charge on any atom is 0.235 e. The number of anilines is 1. The second-order valence-corrected chi connectivity index (χ2v) is 7.23. The molecule has 0 radical (unpaired) electrons. The molecule has 2 rings (SSSR count). The number of nitrogens with zero attached hydrogens (tertiary/aromatic N) is 1. The lowest BCUT2D eigenvalue weighted by Crippen LogP contribution is -2.40. The van der Waals surface area contributed by atoms with E-state index in [4.69, 9.17) is 5.11 Å². The van der Waals surface area contributed by atoms with Crippen molar-refractivity contribution < 1.29 is 13.5 Å². The molecule has 1 unspecified atom stereocenters. The standard InChI is InChI=1S/C14H21NO3S/c1-12-10-13-6-2-3-7-14(13)15(11-12)19(17,18)9-5-4-8-16/h2-3,6-7,12,16H,4-5,8-11H2,1H3. The van der Waals surface area contributed by atoms with E-state index >= 15 is 0 Å². The minimum Gasteiger partial charge on any atom is -0.396 e. The van der Waals surface area contributed by atoms with Crippen LogP contribution in [0.25, 0.3) is 0 Å². The van der Waals surface area contributed by atoms with Crippen LogP contribution >= 0.6 is 0 Å². The lowest BCUT2D eigenvalue weighted by molar-refractivity contribution is 0.287. The van der Waals surface area contributed by atoms with Crippen molar-refractivity contribution in [2.45, 2.75) is 26.2 Å². The number of para-hydroxylation sites is 1. The number of aliphatic hydroxyl groups excluding tert-OH is 1. The maximum absolute atomic E-state index is 12.4. The van der Waals surface area contributed by atoms with E-state index < -0.39 is 10.0 Å². The molecule has 0 saturated heterocycles. The Morgan fingerprint density at radius 1 is 1.32 bits per heavy atom. The first-order valence-electron chi connectivity index (χ1n) is 6.74. The molecule has 19 heavy (non-hydrogen) atoms. The van der Waals surface area contributed by atoms with Gasteiger partial charge in [-0.1, -0.05) is 25.1 Å². The first-order chi connectivity index (χ1) is 9.04. The van der Waals surface area contributed by atoms with E-state index in [1.165, 1.54) is 0 Å². The molecule has 1 N–H and O–H groups in total. The van der Waals surface area contributed by atoms with Gasteiger partial charge < -0.3 is 5.11 Å². The van der Waals surface area contributed by atoms with E-state index in [1.54, 1.807) is 4.31 Å². The fraction of sp³-hybridized carbons (Fsp3) is 0.571. The van der Waals surface area contributed by atoms with Crippen molar-refractivity contribution in [3.63, 3.8) is 0 Å². The molecule has 1 heterocycles. The minimum absolute atomic E-state index is 0.0442. The molecule has 106 valence electrons. The fourth-order valence-corrected chi connectivity index (χ4v) is 4.27. The average molecular weight is 283 g/mol. The van der Waals surface area contributed by atoms with Gasteiger partial charge in [0.25, 0.3) is 0 Å². The van der Waals surface area contributed by atoms with Crippen LogP contribution in [-0.2, 0) is 16.4 Å². The molecule has 0 saturated carbocycles. The van der Waals surface area contributed by atoms with Gasteiger partial charge in [0.15, 0.2) is 0 Å². The Kier molecular flexibility index (Phi) is 4.47. The number of hydrogen-bond acceptors (Lipinski definition) is 3. The molecule has 0 spiro atoms. The fourth-order valence-electron chi connectivity index (χ4n) is 2.52. The van der Waals surface area contributed by atoms with E-state index in [9.17, 15) is 8.42 Å². The number of fused-ring (bicyclic) bond motifs is 1. The van der Waals surface area contributed by atoms with Gasteiger partial charge in [-0.05, 0) is 36.8 Å². The first kappa shape index (κ1) is 14.3. The molecular formula is C14H21NO3S. The van der Waals surface area contributed by atoms with Crippen molar-refractivity contribution in [1.82, 2.24) is 0 Å². The number of rotatable bonds is 5. The highest BCUT2D eigenvalue weighted by Crippen LogP contribution is 2.31. The SMILES string of the molecule is CC1Cc2ccccc2N(S(=O)(=O)CCCCO)C1. The monoisotopic (exact) mass is 283 g/mol. The van der Waals surface area contributed by atoms with Crippen LogP contribution in [0.2, 0.25) is 0 Å². The number of sulfonamides is 1. The van der Waals surface area contributed by atoms with Crippen molar-refractivity contribution >= 4 is 15.7 Å². The topological polar surface area (TPSA) is 57.6 Å². The van der Waals surface area contributed by atoms with Crippen LogP contribution in [-0.4, -0.2) is 32.4 Å². The quantitative estimate of drug-likeness (QED) is 0.838. The Bertz CT molecular complexity index is 527. The highest BCUT2D eigenvalue weighted by molar-refractivity contribution is 7.92. The Morgan fingerprint density at radius 2 is 2.05 bits per heavy atom. The molecule has 1 aromatic carbocycles. The summed E-state index contributed by atoms with van der Waals surface area (Å²) in [4.78, 5) is 0. The van der Waals surface area contributed by atoms with Gasteiger partial charge >= 0.3 is 0 Å². The van der Waals surface area contributed by atoms with Gasteiger partial charge in [0, 0.05) is 13.2 Å². The lowest BCUT2D eigenvalue weighted by Gasteiger charge is -2.33. The summed E-state index contributed by atoms with van der Waals surface area (Å²) in [7, 11) is -3.28. The average Bonchev–Trinajstić information content (AvgIpc) is 2.38. The van der Waals surface area contributed by atoms with Gasteiger partial charge in [-0.3, -0.25) is 4.31 Å². The van der Waals surface area contributed by atoms with E-state index in [2.05, 4.69) is 6.92 Å². The highest BCUT2D eigenvalue weighted by Gasteiger charge is 2.29. The van der Waals surface area contributed by atoms with Crippen LogP contribution in [0.5, 0.6) is 0 Å². The number of hydrogen-bond donors (Lipinski definition) is 1. The summed E-state index contributed by atoms with van der Waals surface area (Å²) < 4.78 is 26.4. The summed E-state index contributed by atoms with van der Waals surface area (Å²) in [6, 6.07) is 7.71. The minimum atomic E-state index is -3.28. The molecule has 5 heteroatoms. The molecule has 0 amide bonds. The summed E-state index contributed by atoms with van der Waals surface area (Å²) in [5, 5.41) is 8.76. The third kappa shape index (κ3) is 3.28. The summed E-state index contributed by atoms with van der Waals surface area (Å²) in [5.41, 5.74) is 1.93. The van der Waals surface area contributed by atoms with Gasteiger partial charge in [-0.15, -0.1) is 0 Å². The molecule has 4 nitrogen and oxygen atoms in total. The zero-order valence-electron chi connectivity index (χ0n) is 11.2. The van der Waals surface area contributed by atoms with E-state index in [0.29, 0.717) is 25.3 Å². The van der Waals surface area contributed by atoms with Gasteiger partial charge in [0.05, 0.1) is 11.4 Å². The summed E-state index contributed by atoms with van der Waals surface area (Å²) in [6.07, 6.45) is 1.97. The summed E-state index contributed by atoms with van der Waals surface area (Å²) in [6.45, 7) is 2.67. The zero-order chi connectivity index (χ0) is 13.9. The van der Waals surface area contributed by atoms with Gasteiger partial charge in [-0.25, -0.2) is 8.42 Å². The van der Waals surface area contributed by atoms with Crippen LogP contribution in [0.4, 0.5) is 5.69 Å². The third-order valence-corrected chi connectivity index (χ3v) is 5.27. The molecule has 1 aliphatic rings. The summed E-state index contributed by atoms with van der Waals surface area (Å²) >= 11 is 0. The first-order valence-corrected chi connectivity index (χ1v) is 8.34. The number of aliphatic hydroxyl groups is 1. The normalized spacial score (nSPS) is 19.3. The van der Waals surface area contributed by atoms with E-state index in [-0.39, 0.29) is 12.4 Å². The molecule has 0 aromatic heterocycles. The smallest absolute Gasteiger partial charge is 0.235 e. The maximum atomic E-state index is 12.4.